The van der Waals surface area contributed by atoms with Crippen LogP contribution in [0.25, 0.3) is 0 Å². The SMILES string of the molecule is O=C(COc1ccc(Cl)c(F)c1)CC1CCC(CCC(=O)c2ccc(OC(F)(F)F)cc2)CC1. The molecule has 0 aromatic heterocycles. The zero-order chi connectivity index (χ0) is 24.7. The monoisotopic (exact) mass is 500 g/mol. The van der Waals surface area contributed by atoms with E-state index < -0.39 is 12.2 Å². The minimum Gasteiger partial charge on any atom is -0.486 e. The lowest BCUT2D eigenvalue weighted by atomic mass is 9.78. The quantitative estimate of drug-likeness (QED) is 0.256. The van der Waals surface area contributed by atoms with Crippen LogP contribution in [0.3, 0.4) is 0 Å². The Morgan fingerprint density at radius 1 is 0.941 bits per heavy atom. The maximum atomic E-state index is 13.4. The standard InChI is InChI=1S/C25H25ClF4O4/c26-22-11-10-21(14-23(22)27)33-15-19(31)13-17-3-1-16(2-4-17)5-12-24(32)18-6-8-20(9-7-18)34-25(28,29)30/h6-11,14,16-17H,1-5,12-13,15H2. The van der Waals surface area contributed by atoms with Gasteiger partial charge >= 0.3 is 6.36 Å². The molecular weight excluding hydrogens is 476 g/mol. The summed E-state index contributed by atoms with van der Waals surface area (Å²) in [5, 5.41) is -0.00873. The van der Waals surface area contributed by atoms with Gasteiger partial charge in [0.15, 0.2) is 11.6 Å². The Labute approximate surface area is 200 Å². The molecule has 1 saturated carbocycles. The lowest BCUT2D eigenvalue weighted by molar-refractivity contribution is -0.274. The molecule has 34 heavy (non-hydrogen) atoms. The van der Waals surface area contributed by atoms with Crippen LogP contribution in [-0.4, -0.2) is 24.5 Å². The topological polar surface area (TPSA) is 52.6 Å². The number of alkyl halides is 3. The van der Waals surface area contributed by atoms with Crippen LogP contribution >= 0.6 is 11.6 Å². The maximum Gasteiger partial charge on any atom is 0.573 e. The van der Waals surface area contributed by atoms with Crippen molar-refractivity contribution in [3.8, 4) is 11.5 Å². The van der Waals surface area contributed by atoms with Gasteiger partial charge in [-0.05, 0) is 67.5 Å². The van der Waals surface area contributed by atoms with Crippen LogP contribution < -0.4 is 9.47 Å². The summed E-state index contributed by atoms with van der Waals surface area (Å²) in [6, 6.07) is 8.98. The Hall–Kier alpha value is -2.61. The summed E-state index contributed by atoms with van der Waals surface area (Å²) in [6.07, 6.45) is 0.226. The van der Waals surface area contributed by atoms with E-state index in [0.29, 0.717) is 30.7 Å². The summed E-state index contributed by atoms with van der Waals surface area (Å²) in [6.45, 7) is -0.123. The number of carbonyl (C=O) groups is 2. The first-order valence-corrected chi connectivity index (χ1v) is 11.5. The fraction of sp³-hybridized carbons (Fsp3) is 0.440. The first kappa shape index (κ1) is 26.0. The average Bonchev–Trinajstić information content (AvgIpc) is 2.78. The highest BCUT2D eigenvalue weighted by atomic mass is 35.5. The van der Waals surface area contributed by atoms with Crippen LogP contribution in [0.4, 0.5) is 17.6 Å². The second kappa shape index (κ2) is 11.7. The van der Waals surface area contributed by atoms with Gasteiger partial charge in [0.2, 0.25) is 0 Å². The van der Waals surface area contributed by atoms with Crippen LogP contribution in [0.2, 0.25) is 5.02 Å². The molecule has 4 nitrogen and oxygen atoms in total. The number of benzene rings is 2. The predicted octanol–water partition coefficient (Wildman–Crippen LogP) is 7.19. The van der Waals surface area contributed by atoms with E-state index in [0.717, 1.165) is 43.9 Å². The minimum atomic E-state index is -4.77. The van der Waals surface area contributed by atoms with Gasteiger partial charge < -0.3 is 9.47 Å². The molecule has 0 bridgehead atoms. The van der Waals surface area contributed by atoms with Crippen molar-refractivity contribution in [2.24, 2.45) is 11.8 Å². The van der Waals surface area contributed by atoms with Crippen LogP contribution in [-0.2, 0) is 4.79 Å². The van der Waals surface area contributed by atoms with Gasteiger partial charge in [0, 0.05) is 24.5 Å². The van der Waals surface area contributed by atoms with Crippen molar-refractivity contribution in [3.63, 3.8) is 0 Å². The highest BCUT2D eigenvalue weighted by Crippen LogP contribution is 2.34. The number of rotatable bonds is 10. The lowest BCUT2D eigenvalue weighted by Gasteiger charge is -2.28. The van der Waals surface area contributed by atoms with E-state index in [1.54, 1.807) is 0 Å². The first-order valence-electron chi connectivity index (χ1n) is 11.1. The molecule has 0 radical (unpaired) electrons. The summed E-state index contributed by atoms with van der Waals surface area (Å²) >= 11 is 5.62. The fourth-order valence-corrected chi connectivity index (χ4v) is 4.28. The van der Waals surface area contributed by atoms with Gasteiger partial charge in [-0.1, -0.05) is 24.4 Å². The lowest BCUT2D eigenvalue weighted by Crippen LogP contribution is -2.21. The van der Waals surface area contributed by atoms with Gasteiger partial charge in [-0.2, -0.15) is 0 Å². The third-order valence-electron chi connectivity index (χ3n) is 5.96. The molecule has 2 aromatic carbocycles. The Bertz CT molecular complexity index is 983. The van der Waals surface area contributed by atoms with Crippen molar-refractivity contribution in [2.45, 2.75) is 51.3 Å². The number of hydrogen-bond donors (Lipinski definition) is 0. The van der Waals surface area contributed by atoms with Gasteiger partial charge in [-0.3, -0.25) is 9.59 Å². The number of halogens is 5. The third-order valence-corrected chi connectivity index (χ3v) is 6.27. The van der Waals surface area contributed by atoms with Crippen molar-refractivity contribution in [1.82, 2.24) is 0 Å². The van der Waals surface area contributed by atoms with Gasteiger partial charge in [0.05, 0.1) is 5.02 Å². The molecule has 0 N–H and O–H groups in total. The summed E-state index contributed by atoms with van der Waals surface area (Å²) in [4.78, 5) is 24.6. The molecule has 1 fully saturated rings. The van der Waals surface area contributed by atoms with E-state index in [9.17, 15) is 27.2 Å². The summed E-state index contributed by atoms with van der Waals surface area (Å²) in [5.41, 5.74) is 0.356. The molecule has 9 heteroatoms. The number of hydrogen-bond acceptors (Lipinski definition) is 4. The Morgan fingerprint density at radius 2 is 1.56 bits per heavy atom. The summed E-state index contributed by atoms with van der Waals surface area (Å²) in [7, 11) is 0. The smallest absolute Gasteiger partial charge is 0.486 e. The van der Waals surface area contributed by atoms with Crippen LogP contribution in [0.5, 0.6) is 11.5 Å². The van der Waals surface area contributed by atoms with Crippen LogP contribution in [0.15, 0.2) is 42.5 Å². The molecule has 184 valence electrons. The Morgan fingerprint density at radius 3 is 2.18 bits per heavy atom. The van der Waals surface area contributed by atoms with E-state index in [-0.39, 0.29) is 40.6 Å². The number of ether oxygens (including phenoxy) is 2. The second-order valence-electron chi connectivity index (χ2n) is 8.53. The Kier molecular flexibility index (Phi) is 8.94. The van der Waals surface area contributed by atoms with E-state index in [1.165, 1.54) is 24.3 Å². The minimum absolute atomic E-state index is 0.00873. The molecule has 0 heterocycles. The largest absolute Gasteiger partial charge is 0.573 e. The molecule has 2 aromatic rings. The molecule has 1 aliphatic carbocycles. The van der Waals surface area contributed by atoms with Crippen LogP contribution in [0.1, 0.15) is 55.3 Å². The maximum absolute atomic E-state index is 13.4. The number of carbonyl (C=O) groups excluding carboxylic acids is 2. The summed E-state index contributed by atoms with van der Waals surface area (Å²) < 4.78 is 59.3. The second-order valence-corrected chi connectivity index (χ2v) is 8.94. The Balaban J connectivity index is 1.35. The van der Waals surface area contributed by atoms with E-state index in [2.05, 4.69) is 4.74 Å². The van der Waals surface area contributed by atoms with E-state index in [4.69, 9.17) is 16.3 Å². The van der Waals surface area contributed by atoms with Crippen LogP contribution in [0, 0.1) is 17.7 Å². The average molecular weight is 501 g/mol. The molecule has 0 aliphatic heterocycles. The third kappa shape index (κ3) is 8.31. The number of ketones is 2. The van der Waals surface area contributed by atoms with E-state index >= 15 is 0 Å². The normalized spacial score (nSPS) is 18.4. The zero-order valence-electron chi connectivity index (χ0n) is 18.4. The van der Waals surface area contributed by atoms with Crippen molar-refractivity contribution in [3.05, 3.63) is 58.9 Å². The molecule has 3 rings (SSSR count). The highest BCUT2D eigenvalue weighted by molar-refractivity contribution is 6.30. The molecule has 0 unspecified atom stereocenters. The van der Waals surface area contributed by atoms with Gasteiger partial charge in [0.1, 0.15) is 23.9 Å². The van der Waals surface area contributed by atoms with Crippen molar-refractivity contribution in [1.29, 1.82) is 0 Å². The first-order chi connectivity index (χ1) is 16.1. The van der Waals surface area contributed by atoms with E-state index in [1.807, 2.05) is 0 Å². The molecular formula is C25H25ClF4O4. The molecule has 0 amide bonds. The van der Waals surface area contributed by atoms with Gasteiger partial charge in [-0.15, -0.1) is 13.2 Å². The molecule has 1 aliphatic rings. The molecule has 0 spiro atoms. The fourth-order valence-electron chi connectivity index (χ4n) is 4.16. The zero-order valence-corrected chi connectivity index (χ0v) is 19.1. The van der Waals surface area contributed by atoms with Crippen molar-refractivity contribution in [2.75, 3.05) is 6.61 Å². The van der Waals surface area contributed by atoms with Gasteiger partial charge in [0.25, 0.3) is 0 Å². The summed E-state index contributed by atoms with van der Waals surface area (Å²) in [5.74, 6) is -0.245. The van der Waals surface area contributed by atoms with Crippen molar-refractivity contribution >= 4 is 23.2 Å². The molecule has 0 saturated heterocycles. The predicted molar refractivity (Wildman–Crippen MR) is 119 cm³/mol. The molecule has 0 atom stereocenters. The number of Topliss-reactive ketones (excluding diaryl/α,β-unsaturated/α-hetero) is 2. The highest BCUT2D eigenvalue weighted by Gasteiger charge is 2.31. The van der Waals surface area contributed by atoms with Gasteiger partial charge in [-0.25, -0.2) is 4.39 Å². The van der Waals surface area contributed by atoms with Crippen molar-refractivity contribution < 1.29 is 36.6 Å².